The number of hydrogen-bond donors (Lipinski definition) is 4. The van der Waals surface area contributed by atoms with Crippen LogP contribution in [0.15, 0.2) is 0 Å². The Morgan fingerprint density at radius 2 is 2.00 bits per heavy atom. The zero-order valence-electron chi connectivity index (χ0n) is 8.97. The second-order valence-electron chi connectivity index (χ2n) is 3.02. The van der Waals surface area contributed by atoms with Crippen LogP contribution >= 0.6 is 0 Å². The monoisotopic (exact) mass is 255 g/mol. The van der Waals surface area contributed by atoms with E-state index in [0.717, 1.165) is 0 Å². The van der Waals surface area contributed by atoms with Crippen LogP contribution in [0.4, 0.5) is 0 Å². The van der Waals surface area contributed by atoms with Crippen molar-refractivity contribution >= 4 is 16.2 Å². The fraction of sp³-hybridized carbons (Fsp3) is 0.857. The molecule has 5 N–H and O–H groups in total. The first kappa shape index (κ1) is 15.3. The zero-order chi connectivity index (χ0) is 12.6. The van der Waals surface area contributed by atoms with Gasteiger partial charge in [0, 0.05) is 20.2 Å². The molecule has 0 bridgehead atoms. The van der Waals surface area contributed by atoms with E-state index in [0.29, 0.717) is 0 Å². The molecule has 9 heteroatoms. The van der Waals surface area contributed by atoms with E-state index in [2.05, 4.69) is 14.2 Å². The van der Waals surface area contributed by atoms with Gasteiger partial charge in [-0.05, 0) is 6.42 Å². The third-order valence-electron chi connectivity index (χ3n) is 1.66. The molecule has 96 valence electrons. The maximum Gasteiger partial charge on any atom is 0.320 e. The molecule has 1 unspecified atom stereocenters. The standard InChI is InChI=1S/C7H17N3O5S/c1-15-5-4-10-16(13,14)9-3-2-6(8)7(11)12/h6,9-10H,2-5,8H2,1H3,(H,11,12). The Kier molecular flexibility index (Phi) is 7.17. The van der Waals surface area contributed by atoms with Gasteiger partial charge in [-0.2, -0.15) is 13.1 Å². The minimum Gasteiger partial charge on any atom is -0.480 e. The molecular formula is C7H17N3O5S. The van der Waals surface area contributed by atoms with Crippen molar-refractivity contribution in [3.8, 4) is 0 Å². The second kappa shape index (κ2) is 7.52. The van der Waals surface area contributed by atoms with Crippen molar-refractivity contribution in [1.82, 2.24) is 9.44 Å². The summed E-state index contributed by atoms with van der Waals surface area (Å²) in [7, 11) is -2.15. The normalized spacial score (nSPS) is 13.6. The number of carboxylic acids is 1. The van der Waals surface area contributed by atoms with Crippen LogP contribution in [0.25, 0.3) is 0 Å². The maximum absolute atomic E-state index is 11.2. The van der Waals surface area contributed by atoms with Crippen LogP contribution in [-0.4, -0.2) is 52.3 Å². The summed E-state index contributed by atoms with van der Waals surface area (Å²) in [4.78, 5) is 10.3. The first-order valence-corrected chi connectivity index (χ1v) is 6.09. The molecule has 0 saturated heterocycles. The summed E-state index contributed by atoms with van der Waals surface area (Å²) in [5.74, 6) is -1.16. The average molecular weight is 255 g/mol. The van der Waals surface area contributed by atoms with Crippen molar-refractivity contribution in [2.24, 2.45) is 5.73 Å². The summed E-state index contributed by atoms with van der Waals surface area (Å²) in [5.41, 5.74) is 5.19. The molecule has 16 heavy (non-hydrogen) atoms. The lowest BCUT2D eigenvalue weighted by Crippen LogP contribution is -2.41. The lowest BCUT2D eigenvalue weighted by molar-refractivity contribution is -0.138. The van der Waals surface area contributed by atoms with Gasteiger partial charge in [-0.25, -0.2) is 4.72 Å². The van der Waals surface area contributed by atoms with Gasteiger partial charge in [0.05, 0.1) is 6.61 Å². The number of nitrogens with two attached hydrogens (primary N) is 1. The lowest BCUT2D eigenvalue weighted by Gasteiger charge is -2.09. The van der Waals surface area contributed by atoms with Gasteiger partial charge in [-0.1, -0.05) is 0 Å². The summed E-state index contributed by atoms with van der Waals surface area (Å²) in [6.07, 6.45) is 0.0283. The van der Waals surface area contributed by atoms with Gasteiger partial charge in [0.15, 0.2) is 0 Å². The molecule has 0 saturated carbocycles. The number of methoxy groups -OCH3 is 1. The minimum atomic E-state index is -3.60. The molecule has 0 aromatic heterocycles. The van der Waals surface area contributed by atoms with E-state index in [1.165, 1.54) is 7.11 Å². The van der Waals surface area contributed by atoms with Gasteiger partial charge in [0.25, 0.3) is 10.2 Å². The van der Waals surface area contributed by atoms with Crippen LogP contribution < -0.4 is 15.2 Å². The Morgan fingerprint density at radius 1 is 1.44 bits per heavy atom. The van der Waals surface area contributed by atoms with Crippen molar-refractivity contribution in [3.63, 3.8) is 0 Å². The number of hydrogen-bond acceptors (Lipinski definition) is 5. The van der Waals surface area contributed by atoms with Crippen LogP contribution in [0.5, 0.6) is 0 Å². The highest BCUT2D eigenvalue weighted by molar-refractivity contribution is 7.87. The van der Waals surface area contributed by atoms with Crippen LogP contribution in [0.3, 0.4) is 0 Å². The highest BCUT2D eigenvalue weighted by Crippen LogP contribution is 1.87. The van der Waals surface area contributed by atoms with Crippen molar-refractivity contribution in [2.75, 3.05) is 26.8 Å². The molecule has 0 heterocycles. The quantitative estimate of drug-likeness (QED) is 0.348. The van der Waals surface area contributed by atoms with Gasteiger partial charge in [0.1, 0.15) is 6.04 Å². The molecule has 0 rings (SSSR count). The Morgan fingerprint density at radius 3 is 2.50 bits per heavy atom. The number of rotatable bonds is 9. The van der Waals surface area contributed by atoms with Crippen molar-refractivity contribution in [2.45, 2.75) is 12.5 Å². The smallest absolute Gasteiger partial charge is 0.320 e. The summed E-state index contributed by atoms with van der Waals surface area (Å²) >= 11 is 0. The second-order valence-corrected chi connectivity index (χ2v) is 4.60. The van der Waals surface area contributed by atoms with Crippen LogP contribution in [0.2, 0.25) is 0 Å². The van der Waals surface area contributed by atoms with Gasteiger partial charge in [0.2, 0.25) is 0 Å². The predicted molar refractivity (Wildman–Crippen MR) is 57.0 cm³/mol. The van der Waals surface area contributed by atoms with Crippen LogP contribution in [-0.2, 0) is 19.7 Å². The molecule has 0 spiro atoms. The SMILES string of the molecule is COCCNS(=O)(=O)NCCC(N)C(=O)O. The van der Waals surface area contributed by atoms with E-state index in [1.54, 1.807) is 0 Å². The molecule has 8 nitrogen and oxygen atoms in total. The topological polar surface area (TPSA) is 131 Å². The van der Waals surface area contributed by atoms with E-state index in [1.807, 2.05) is 0 Å². The van der Waals surface area contributed by atoms with Gasteiger partial charge < -0.3 is 15.6 Å². The Labute approximate surface area is 94.3 Å². The molecule has 0 aliphatic heterocycles. The molecule has 1 atom stereocenters. The maximum atomic E-state index is 11.2. The largest absolute Gasteiger partial charge is 0.480 e. The average Bonchev–Trinajstić information content (AvgIpc) is 2.17. The van der Waals surface area contributed by atoms with E-state index in [9.17, 15) is 13.2 Å². The number of nitrogens with one attached hydrogen (secondary N) is 2. The first-order chi connectivity index (χ1) is 7.39. The molecule has 0 aliphatic carbocycles. The summed E-state index contributed by atoms with van der Waals surface area (Å²) in [6.45, 7) is 0.377. The third kappa shape index (κ3) is 7.54. The number of ether oxygens (including phenoxy) is 1. The summed E-state index contributed by atoms with van der Waals surface area (Å²) < 4.78 is 31.4. The van der Waals surface area contributed by atoms with E-state index in [4.69, 9.17) is 10.8 Å². The van der Waals surface area contributed by atoms with E-state index >= 15 is 0 Å². The molecule has 0 aromatic rings. The number of aliphatic carboxylic acids is 1. The minimum absolute atomic E-state index is 0.0283. The van der Waals surface area contributed by atoms with Gasteiger partial charge in [-0.3, -0.25) is 4.79 Å². The fourth-order valence-corrected chi connectivity index (χ4v) is 1.64. The third-order valence-corrected chi connectivity index (χ3v) is 2.83. The van der Waals surface area contributed by atoms with Gasteiger partial charge in [-0.15, -0.1) is 0 Å². The number of carboxylic acid groups (broad SMARTS) is 1. The van der Waals surface area contributed by atoms with Crippen LogP contribution in [0, 0.1) is 0 Å². The summed E-state index contributed by atoms with van der Waals surface area (Å²) in [6, 6.07) is -1.07. The Hall–Kier alpha value is -0.740. The zero-order valence-corrected chi connectivity index (χ0v) is 9.79. The Bertz CT molecular complexity index is 305. The van der Waals surface area contributed by atoms with Crippen molar-refractivity contribution < 1.29 is 23.1 Å². The molecule has 0 aliphatic rings. The highest BCUT2D eigenvalue weighted by atomic mass is 32.2. The highest BCUT2D eigenvalue weighted by Gasteiger charge is 2.13. The molecule has 0 amide bonds. The van der Waals surface area contributed by atoms with E-state index in [-0.39, 0.29) is 26.1 Å². The Balaban J connectivity index is 3.78. The molecule has 0 fully saturated rings. The molecule has 0 aromatic carbocycles. The number of carbonyl (C=O) groups is 1. The predicted octanol–water partition coefficient (Wildman–Crippen LogP) is -2.14. The van der Waals surface area contributed by atoms with Gasteiger partial charge >= 0.3 is 5.97 Å². The van der Waals surface area contributed by atoms with Crippen molar-refractivity contribution in [3.05, 3.63) is 0 Å². The lowest BCUT2D eigenvalue weighted by atomic mass is 10.2. The van der Waals surface area contributed by atoms with Crippen molar-refractivity contribution in [1.29, 1.82) is 0 Å². The van der Waals surface area contributed by atoms with Crippen LogP contribution in [0.1, 0.15) is 6.42 Å². The molecule has 0 radical (unpaired) electrons. The molecular weight excluding hydrogens is 238 g/mol. The summed E-state index contributed by atoms with van der Waals surface area (Å²) in [5, 5.41) is 8.45. The first-order valence-electron chi connectivity index (χ1n) is 4.60. The fourth-order valence-electron chi connectivity index (χ4n) is 0.801. The van der Waals surface area contributed by atoms with E-state index < -0.39 is 22.2 Å².